The molecule has 0 radical (unpaired) electrons. The summed E-state index contributed by atoms with van der Waals surface area (Å²) in [6.45, 7) is 10.2. The van der Waals surface area contributed by atoms with Crippen LogP contribution in [0.1, 0.15) is 11.1 Å². The summed E-state index contributed by atoms with van der Waals surface area (Å²) in [5, 5.41) is 11.4. The van der Waals surface area contributed by atoms with Gasteiger partial charge in [0.1, 0.15) is 0 Å². The average molecular weight is 429 g/mol. The molecule has 0 saturated carbocycles. The molecular formula is C22H30N5S2+. The number of thiocarbonyl (C=S) groups is 2. The molecule has 29 heavy (non-hydrogen) atoms. The number of benzene rings is 2. The quantitative estimate of drug-likeness (QED) is 0.548. The van der Waals surface area contributed by atoms with Crippen molar-refractivity contribution in [3.8, 4) is 0 Å². The van der Waals surface area contributed by atoms with Crippen molar-refractivity contribution in [3.63, 3.8) is 0 Å². The summed E-state index contributed by atoms with van der Waals surface area (Å²) in [5.74, 6) is 0. The molecule has 0 spiro atoms. The first-order valence-electron chi connectivity index (χ1n) is 10.1. The Balaban J connectivity index is 1.33. The zero-order chi connectivity index (χ0) is 20.6. The molecule has 0 aliphatic carbocycles. The van der Waals surface area contributed by atoms with Crippen LogP contribution in [0.4, 0.5) is 11.4 Å². The van der Waals surface area contributed by atoms with Crippen molar-refractivity contribution in [3.05, 3.63) is 59.7 Å². The SMILES string of the molecule is Cc1ccc(NC(=S)NCC[NH+]2CCN(C(=S)Nc3ccc(C)cc3)CC2)cc1. The third-order valence-electron chi connectivity index (χ3n) is 5.13. The summed E-state index contributed by atoms with van der Waals surface area (Å²) in [6.07, 6.45) is 0. The lowest BCUT2D eigenvalue weighted by molar-refractivity contribution is -0.902. The molecule has 2 aromatic carbocycles. The first kappa shape index (κ1) is 21.5. The monoisotopic (exact) mass is 428 g/mol. The first-order chi connectivity index (χ1) is 14.0. The normalized spacial score (nSPS) is 14.3. The molecular weight excluding hydrogens is 398 g/mol. The van der Waals surface area contributed by atoms with E-state index in [0.717, 1.165) is 55.8 Å². The lowest BCUT2D eigenvalue weighted by Gasteiger charge is -2.34. The first-order valence-corrected chi connectivity index (χ1v) is 10.9. The second kappa shape index (κ2) is 10.5. The van der Waals surface area contributed by atoms with Crippen LogP contribution in [0.15, 0.2) is 48.5 Å². The molecule has 0 atom stereocenters. The van der Waals surface area contributed by atoms with Crippen LogP contribution >= 0.6 is 24.4 Å². The maximum absolute atomic E-state index is 5.59. The Hall–Kier alpha value is -2.22. The third-order valence-corrected chi connectivity index (χ3v) is 5.74. The molecule has 0 aromatic heterocycles. The molecule has 1 aliphatic heterocycles. The molecule has 1 aliphatic rings. The van der Waals surface area contributed by atoms with Crippen LogP contribution in [-0.2, 0) is 0 Å². The van der Waals surface area contributed by atoms with Crippen molar-refractivity contribution in [2.45, 2.75) is 13.8 Å². The van der Waals surface area contributed by atoms with Crippen LogP contribution in [-0.4, -0.2) is 54.4 Å². The fourth-order valence-corrected chi connectivity index (χ4v) is 3.80. The molecule has 5 nitrogen and oxygen atoms in total. The van der Waals surface area contributed by atoms with Crippen LogP contribution in [0.25, 0.3) is 0 Å². The van der Waals surface area contributed by atoms with E-state index in [1.165, 1.54) is 11.1 Å². The number of piperazine rings is 1. The van der Waals surface area contributed by atoms with E-state index >= 15 is 0 Å². The van der Waals surface area contributed by atoms with E-state index in [-0.39, 0.29) is 0 Å². The van der Waals surface area contributed by atoms with Gasteiger partial charge >= 0.3 is 0 Å². The third kappa shape index (κ3) is 6.96. The maximum atomic E-state index is 5.59. The Morgan fingerprint density at radius 3 is 1.93 bits per heavy atom. The molecule has 0 bridgehead atoms. The summed E-state index contributed by atoms with van der Waals surface area (Å²) >= 11 is 11.0. The molecule has 1 fully saturated rings. The number of rotatable bonds is 5. The number of nitrogens with zero attached hydrogens (tertiary/aromatic N) is 1. The lowest BCUT2D eigenvalue weighted by atomic mass is 10.2. The Morgan fingerprint density at radius 1 is 0.862 bits per heavy atom. The maximum Gasteiger partial charge on any atom is 0.173 e. The Labute approximate surface area is 184 Å². The van der Waals surface area contributed by atoms with E-state index in [9.17, 15) is 0 Å². The highest BCUT2D eigenvalue weighted by atomic mass is 32.1. The van der Waals surface area contributed by atoms with Gasteiger partial charge in [0.25, 0.3) is 0 Å². The van der Waals surface area contributed by atoms with Crippen LogP contribution in [0, 0.1) is 13.8 Å². The summed E-state index contributed by atoms with van der Waals surface area (Å²) in [6, 6.07) is 16.6. The van der Waals surface area contributed by atoms with Gasteiger partial charge in [0, 0.05) is 11.4 Å². The van der Waals surface area contributed by atoms with Gasteiger partial charge in [0.05, 0.1) is 39.3 Å². The van der Waals surface area contributed by atoms with Crippen molar-refractivity contribution < 1.29 is 4.90 Å². The van der Waals surface area contributed by atoms with E-state index in [0.29, 0.717) is 5.11 Å². The number of hydrogen-bond donors (Lipinski definition) is 4. The standard InChI is InChI=1S/C22H29N5S2/c1-17-3-7-19(8-4-17)24-21(28)23-11-12-26-13-15-27(16-14-26)22(29)25-20-9-5-18(2)6-10-20/h3-10H,11-16H2,1-2H3,(H,25,29)(H2,23,24,28)/p+1. The molecule has 1 saturated heterocycles. The van der Waals surface area contributed by atoms with Gasteiger partial charge in [-0.2, -0.15) is 0 Å². The zero-order valence-corrected chi connectivity index (χ0v) is 18.8. The van der Waals surface area contributed by atoms with E-state index in [4.69, 9.17) is 24.4 Å². The molecule has 3 rings (SSSR count). The van der Waals surface area contributed by atoms with E-state index < -0.39 is 0 Å². The number of anilines is 2. The van der Waals surface area contributed by atoms with Crippen molar-refractivity contribution in [2.24, 2.45) is 0 Å². The molecule has 0 amide bonds. The van der Waals surface area contributed by atoms with Crippen LogP contribution in [0.3, 0.4) is 0 Å². The van der Waals surface area contributed by atoms with E-state index in [1.807, 2.05) is 12.1 Å². The van der Waals surface area contributed by atoms with E-state index in [1.54, 1.807) is 4.90 Å². The average Bonchev–Trinajstić information content (AvgIpc) is 2.72. The number of hydrogen-bond acceptors (Lipinski definition) is 2. The zero-order valence-electron chi connectivity index (χ0n) is 17.1. The van der Waals surface area contributed by atoms with Crippen molar-refractivity contribution in [1.82, 2.24) is 10.2 Å². The minimum atomic E-state index is 0.676. The van der Waals surface area contributed by atoms with Gasteiger partial charge in [-0.1, -0.05) is 35.4 Å². The van der Waals surface area contributed by atoms with Crippen LogP contribution < -0.4 is 20.9 Å². The van der Waals surface area contributed by atoms with Gasteiger partial charge in [-0.3, -0.25) is 0 Å². The van der Waals surface area contributed by atoms with Gasteiger partial charge in [0.15, 0.2) is 10.2 Å². The summed E-state index contributed by atoms with van der Waals surface area (Å²) in [7, 11) is 0. The van der Waals surface area contributed by atoms with E-state index in [2.05, 4.69) is 71.1 Å². The molecule has 2 aromatic rings. The van der Waals surface area contributed by atoms with Crippen LogP contribution in [0.5, 0.6) is 0 Å². The predicted octanol–water partition coefficient (Wildman–Crippen LogP) is 2.19. The fourth-order valence-electron chi connectivity index (χ4n) is 3.28. The summed E-state index contributed by atoms with van der Waals surface area (Å²) in [5.41, 5.74) is 4.56. The smallest absolute Gasteiger partial charge is 0.173 e. The van der Waals surface area contributed by atoms with Crippen molar-refractivity contribution in [2.75, 3.05) is 49.9 Å². The predicted molar refractivity (Wildman–Crippen MR) is 130 cm³/mol. The summed E-state index contributed by atoms with van der Waals surface area (Å²) < 4.78 is 0. The fraction of sp³-hybridized carbons (Fsp3) is 0.364. The minimum absolute atomic E-state index is 0.676. The van der Waals surface area contributed by atoms with Gasteiger partial charge in [0.2, 0.25) is 0 Å². The molecule has 154 valence electrons. The van der Waals surface area contributed by atoms with Crippen molar-refractivity contribution >= 4 is 46.0 Å². The molecule has 4 N–H and O–H groups in total. The lowest BCUT2D eigenvalue weighted by Crippen LogP contribution is -3.15. The second-order valence-corrected chi connectivity index (χ2v) is 8.33. The largest absolute Gasteiger partial charge is 0.357 e. The minimum Gasteiger partial charge on any atom is -0.357 e. The Bertz CT molecular complexity index is 809. The van der Waals surface area contributed by atoms with Gasteiger partial charge in [-0.25, -0.2) is 0 Å². The van der Waals surface area contributed by atoms with Gasteiger partial charge in [-0.05, 0) is 62.5 Å². The summed E-state index contributed by atoms with van der Waals surface area (Å²) in [4.78, 5) is 3.83. The highest BCUT2D eigenvalue weighted by Gasteiger charge is 2.21. The highest BCUT2D eigenvalue weighted by Crippen LogP contribution is 2.10. The topological polar surface area (TPSA) is 43.8 Å². The molecule has 7 heteroatoms. The van der Waals surface area contributed by atoms with Gasteiger partial charge in [-0.15, -0.1) is 0 Å². The highest BCUT2D eigenvalue weighted by molar-refractivity contribution is 7.80. The number of quaternary nitrogens is 1. The Kier molecular flexibility index (Phi) is 7.80. The number of nitrogens with one attached hydrogen (secondary N) is 4. The second-order valence-electron chi connectivity index (χ2n) is 7.53. The van der Waals surface area contributed by atoms with Gasteiger partial charge < -0.3 is 25.8 Å². The van der Waals surface area contributed by atoms with Crippen molar-refractivity contribution in [1.29, 1.82) is 0 Å². The Morgan fingerprint density at radius 2 is 1.38 bits per heavy atom. The molecule has 1 heterocycles. The van der Waals surface area contributed by atoms with Crippen LogP contribution in [0.2, 0.25) is 0 Å². The number of aryl methyl sites for hydroxylation is 2. The molecule has 0 unspecified atom stereocenters.